The second kappa shape index (κ2) is 13.0. The highest BCUT2D eigenvalue weighted by atomic mass is 14.4. The first-order valence-electron chi connectivity index (χ1n) is 15.7. The smallest absolute Gasteiger partial charge is 0.0201 e. The van der Waals surface area contributed by atoms with Crippen LogP contribution in [0.3, 0.4) is 0 Å². The molecule has 1 saturated carbocycles. The van der Waals surface area contributed by atoms with Gasteiger partial charge in [0.1, 0.15) is 0 Å². The minimum absolute atomic E-state index is 0.279. The number of aryl methyl sites for hydroxylation is 3. The van der Waals surface area contributed by atoms with E-state index in [-0.39, 0.29) is 5.92 Å². The third-order valence-electron chi connectivity index (χ3n) is 9.23. The van der Waals surface area contributed by atoms with Crippen LogP contribution in [0.25, 0.3) is 11.6 Å². The number of rotatable bonds is 10. The highest BCUT2D eigenvalue weighted by molar-refractivity contribution is 5.68. The summed E-state index contributed by atoms with van der Waals surface area (Å²) in [7, 11) is 0. The summed E-state index contributed by atoms with van der Waals surface area (Å²) < 4.78 is 0. The van der Waals surface area contributed by atoms with Gasteiger partial charge in [0.05, 0.1) is 0 Å². The quantitative estimate of drug-likeness (QED) is 0.235. The number of allylic oxidation sites excluding steroid dienone is 8. The maximum absolute atomic E-state index is 4.73. The molecule has 3 aromatic carbocycles. The predicted molar refractivity (Wildman–Crippen MR) is 184 cm³/mol. The molecule has 0 bridgehead atoms. The van der Waals surface area contributed by atoms with E-state index in [0.29, 0.717) is 5.92 Å². The molecule has 0 heterocycles. The first-order valence-corrected chi connectivity index (χ1v) is 15.7. The minimum Gasteiger partial charge on any atom is -0.0955 e. The molecule has 1 fully saturated rings. The van der Waals surface area contributed by atoms with Crippen LogP contribution in [0.1, 0.15) is 86.3 Å². The van der Waals surface area contributed by atoms with E-state index in [2.05, 4.69) is 126 Å². The van der Waals surface area contributed by atoms with Gasteiger partial charge in [0.15, 0.2) is 0 Å². The molecule has 0 heteroatoms. The van der Waals surface area contributed by atoms with Gasteiger partial charge in [-0.2, -0.15) is 0 Å². The van der Waals surface area contributed by atoms with E-state index < -0.39 is 0 Å². The minimum atomic E-state index is 0.279. The monoisotopic (exact) mass is 550 g/mol. The van der Waals surface area contributed by atoms with Gasteiger partial charge in [-0.1, -0.05) is 142 Å². The van der Waals surface area contributed by atoms with E-state index in [4.69, 9.17) is 6.58 Å². The Morgan fingerprint density at radius 2 is 1.62 bits per heavy atom. The maximum Gasteiger partial charge on any atom is 0.0201 e. The molecule has 2 unspecified atom stereocenters. The van der Waals surface area contributed by atoms with Gasteiger partial charge in [0.25, 0.3) is 0 Å². The van der Waals surface area contributed by atoms with Gasteiger partial charge >= 0.3 is 0 Å². The molecule has 0 N–H and O–H groups in total. The Bertz CT molecular complexity index is 1580. The van der Waals surface area contributed by atoms with Gasteiger partial charge in [-0.3, -0.25) is 0 Å². The molecule has 214 valence electrons. The Morgan fingerprint density at radius 1 is 0.881 bits per heavy atom. The zero-order valence-corrected chi connectivity index (χ0v) is 26.1. The molecule has 2 aliphatic rings. The summed E-state index contributed by atoms with van der Waals surface area (Å²) in [6, 6.07) is 27.0. The first kappa shape index (κ1) is 29.6. The summed E-state index contributed by atoms with van der Waals surface area (Å²) in [4.78, 5) is 0. The van der Waals surface area contributed by atoms with Crippen molar-refractivity contribution in [2.45, 2.75) is 72.1 Å². The van der Waals surface area contributed by atoms with Crippen LogP contribution in [0.5, 0.6) is 0 Å². The van der Waals surface area contributed by atoms with E-state index in [1.54, 1.807) is 0 Å². The number of hydrogen-bond acceptors (Lipinski definition) is 0. The third kappa shape index (κ3) is 6.14. The molecule has 0 aliphatic heterocycles. The van der Waals surface area contributed by atoms with Crippen LogP contribution in [0.15, 0.2) is 132 Å². The summed E-state index contributed by atoms with van der Waals surface area (Å²) in [5.41, 5.74) is 17.5. The Kier molecular flexibility index (Phi) is 9.12. The fourth-order valence-electron chi connectivity index (χ4n) is 7.03. The van der Waals surface area contributed by atoms with E-state index in [9.17, 15) is 0 Å². The number of fused-ring (bicyclic) bond motifs is 1. The van der Waals surface area contributed by atoms with Crippen LogP contribution in [0.2, 0.25) is 0 Å². The van der Waals surface area contributed by atoms with Crippen LogP contribution < -0.4 is 0 Å². The van der Waals surface area contributed by atoms with Crippen LogP contribution >= 0.6 is 0 Å². The summed E-state index contributed by atoms with van der Waals surface area (Å²) in [5, 5.41) is 0. The van der Waals surface area contributed by atoms with Crippen molar-refractivity contribution in [3.8, 4) is 0 Å². The molecule has 0 aromatic heterocycles. The fourth-order valence-corrected chi connectivity index (χ4v) is 7.03. The molecule has 3 aromatic rings. The molecular weight excluding hydrogens is 504 g/mol. The molecule has 0 radical (unpaired) electrons. The van der Waals surface area contributed by atoms with Crippen molar-refractivity contribution in [3.05, 3.63) is 165 Å². The summed E-state index contributed by atoms with van der Waals surface area (Å²) in [5.74, 6) is 0.578. The van der Waals surface area contributed by atoms with Crippen molar-refractivity contribution < 1.29 is 0 Å². The summed E-state index contributed by atoms with van der Waals surface area (Å²) >= 11 is 0. The van der Waals surface area contributed by atoms with Gasteiger partial charge in [-0.25, -0.2) is 0 Å². The fraction of sp³-hybridized carbons (Fsp3) is 0.286. The summed E-state index contributed by atoms with van der Waals surface area (Å²) in [6.45, 7) is 22.2. The van der Waals surface area contributed by atoms with Gasteiger partial charge in [-0.05, 0) is 102 Å². The number of benzene rings is 3. The lowest BCUT2D eigenvalue weighted by Crippen LogP contribution is -2.21. The van der Waals surface area contributed by atoms with Crippen molar-refractivity contribution in [2.24, 2.45) is 5.92 Å². The van der Waals surface area contributed by atoms with Crippen LogP contribution in [0, 0.1) is 5.92 Å². The maximum atomic E-state index is 4.73. The van der Waals surface area contributed by atoms with Gasteiger partial charge in [0.2, 0.25) is 0 Å². The highest BCUT2D eigenvalue weighted by Gasteiger charge is 2.40. The Hall–Kier alpha value is -3.90. The second-order valence-electron chi connectivity index (χ2n) is 12.3. The van der Waals surface area contributed by atoms with Gasteiger partial charge < -0.3 is 0 Å². The molecule has 5 rings (SSSR count). The first-order chi connectivity index (χ1) is 20.3. The van der Waals surface area contributed by atoms with Crippen LogP contribution in [-0.4, -0.2) is 0 Å². The van der Waals surface area contributed by atoms with E-state index in [1.165, 1.54) is 66.8 Å². The van der Waals surface area contributed by atoms with Crippen LogP contribution in [-0.2, 0) is 19.3 Å². The normalized spacial score (nSPS) is 19.2. The lowest BCUT2D eigenvalue weighted by molar-refractivity contribution is 0.619. The number of hydrogen-bond donors (Lipinski definition) is 0. The zero-order chi connectivity index (χ0) is 29.8. The van der Waals surface area contributed by atoms with Crippen molar-refractivity contribution in [1.82, 2.24) is 0 Å². The van der Waals surface area contributed by atoms with Crippen molar-refractivity contribution in [3.63, 3.8) is 0 Å². The molecular formula is C42H46. The SMILES string of the molecule is C=C(CCC)C1=C(C)C=C2CC(=Cc3ccc(CCc4ccc(C(=C)C)cc4)c(CC)c3)C(=C)C2C1c1ccccc1. The van der Waals surface area contributed by atoms with E-state index in [1.807, 2.05) is 0 Å². The van der Waals surface area contributed by atoms with E-state index >= 15 is 0 Å². The lowest BCUT2D eigenvalue weighted by Gasteiger charge is -2.34. The second-order valence-corrected chi connectivity index (χ2v) is 12.3. The van der Waals surface area contributed by atoms with Crippen molar-refractivity contribution in [2.75, 3.05) is 0 Å². The van der Waals surface area contributed by atoms with Gasteiger partial charge in [0, 0.05) is 11.8 Å². The summed E-state index contributed by atoms with van der Waals surface area (Å²) in [6.07, 6.45) is 11.1. The van der Waals surface area contributed by atoms with Gasteiger partial charge in [-0.15, -0.1) is 0 Å². The predicted octanol–water partition coefficient (Wildman–Crippen LogP) is 11.4. The third-order valence-corrected chi connectivity index (χ3v) is 9.23. The zero-order valence-electron chi connectivity index (χ0n) is 26.1. The average Bonchev–Trinajstić information content (AvgIpc) is 3.30. The standard InChI is InChI=1S/C42H46/c1-8-13-29(5)40-30(6)24-39-27-38(31(7)41(39)42(40)37-14-11-10-12-15-37)26-33-19-23-36(34(9-2)25-33)22-18-32-16-20-35(21-17-32)28(3)4/h10-12,14-17,19-21,23-26,41-42H,3,5,7-9,13,18,22,27H2,1-2,4,6H3. The molecule has 2 aliphatic carbocycles. The Labute approximate surface area is 254 Å². The molecule has 0 nitrogen and oxygen atoms in total. The molecule has 0 saturated heterocycles. The molecule has 42 heavy (non-hydrogen) atoms. The largest absolute Gasteiger partial charge is 0.0955 e. The Balaban J connectivity index is 1.40. The topological polar surface area (TPSA) is 0 Å². The molecule has 2 atom stereocenters. The highest BCUT2D eigenvalue weighted by Crippen LogP contribution is 2.55. The molecule has 0 spiro atoms. The lowest BCUT2D eigenvalue weighted by atomic mass is 9.69. The van der Waals surface area contributed by atoms with Crippen LogP contribution in [0.4, 0.5) is 0 Å². The Morgan fingerprint density at radius 3 is 2.29 bits per heavy atom. The van der Waals surface area contributed by atoms with E-state index in [0.717, 1.165) is 44.1 Å². The van der Waals surface area contributed by atoms with Crippen molar-refractivity contribution >= 4 is 11.6 Å². The van der Waals surface area contributed by atoms with Crippen molar-refractivity contribution in [1.29, 1.82) is 0 Å². The average molecular weight is 551 g/mol. The molecule has 0 amide bonds.